The van der Waals surface area contributed by atoms with E-state index in [1.54, 1.807) is 6.08 Å². The maximum atomic E-state index is 13.1. The number of rotatable bonds is 59. The standard InChI is InChI=1S/C68H129NO8/c1-3-5-7-9-11-13-15-17-19-21-23-25-27-28-29-30-31-32-33-34-36-38-40-42-44-46-48-50-52-54-56-58-64(72)69-61(60-76-68-67(75)66(74)65(73)63(59-70)77-68)62(71)57-55-53-51-49-47-45-43-41-39-37-35-26-24-22-20-18-16-14-12-10-8-6-4-2/h21,23,47,49,55,57,61-63,65-68,70-71,73-75H,3-20,22,24-46,48,50-54,56,58-60H2,1-2H3,(H,69,72)/b23-21-,49-47+,57-55+. The van der Waals surface area contributed by atoms with Crippen molar-refractivity contribution in [3.05, 3.63) is 36.5 Å². The average Bonchev–Trinajstić information content (AvgIpc) is 3.43. The maximum absolute atomic E-state index is 13.1. The Morgan fingerprint density at radius 3 is 1.09 bits per heavy atom. The van der Waals surface area contributed by atoms with Crippen molar-refractivity contribution in [3.63, 3.8) is 0 Å². The second kappa shape index (κ2) is 57.6. The van der Waals surface area contributed by atoms with Crippen LogP contribution in [0.1, 0.15) is 335 Å². The lowest BCUT2D eigenvalue weighted by atomic mass is 9.99. The monoisotopic (exact) mass is 1090 g/mol. The highest BCUT2D eigenvalue weighted by atomic mass is 16.7. The number of hydrogen-bond acceptors (Lipinski definition) is 8. The summed E-state index contributed by atoms with van der Waals surface area (Å²) in [7, 11) is 0. The van der Waals surface area contributed by atoms with Gasteiger partial charge in [0.25, 0.3) is 0 Å². The Hall–Kier alpha value is -1.59. The molecule has 0 aromatic heterocycles. The van der Waals surface area contributed by atoms with Crippen LogP contribution in [0.4, 0.5) is 0 Å². The van der Waals surface area contributed by atoms with E-state index in [0.29, 0.717) is 6.42 Å². The van der Waals surface area contributed by atoms with Gasteiger partial charge in [-0.3, -0.25) is 4.79 Å². The van der Waals surface area contributed by atoms with Gasteiger partial charge in [0.05, 0.1) is 25.4 Å². The Kier molecular flexibility index (Phi) is 55.0. The molecule has 1 heterocycles. The summed E-state index contributed by atoms with van der Waals surface area (Å²) < 4.78 is 11.3. The molecule has 0 saturated carbocycles. The van der Waals surface area contributed by atoms with Gasteiger partial charge < -0.3 is 40.3 Å². The van der Waals surface area contributed by atoms with E-state index in [2.05, 4.69) is 43.5 Å². The second-order valence-corrected chi connectivity index (χ2v) is 23.6. The summed E-state index contributed by atoms with van der Waals surface area (Å²) >= 11 is 0. The molecule has 0 bridgehead atoms. The van der Waals surface area contributed by atoms with Gasteiger partial charge in [-0.05, 0) is 57.8 Å². The molecule has 7 unspecified atom stereocenters. The van der Waals surface area contributed by atoms with Crippen LogP contribution in [0.2, 0.25) is 0 Å². The van der Waals surface area contributed by atoms with Crippen LogP contribution < -0.4 is 5.32 Å². The summed E-state index contributed by atoms with van der Waals surface area (Å²) in [6.07, 6.45) is 69.6. The van der Waals surface area contributed by atoms with Crippen LogP contribution in [0.3, 0.4) is 0 Å². The Morgan fingerprint density at radius 1 is 0.429 bits per heavy atom. The second-order valence-electron chi connectivity index (χ2n) is 23.6. The molecule has 1 saturated heterocycles. The Morgan fingerprint density at radius 2 is 0.740 bits per heavy atom. The Labute approximate surface area is 476 Å². The van der Waals surface area contributed by atoms with Crippen molar-refractivity contribution in [2.45, 2.75) is 378 Å². The summed E-state index contributed by atoms with van der Waals surface area (Å²) in [5.74, 6) is -0.180. The largest absolute Gasteiger partial charge is 0.394 e. The third-order valence-electron chi connectivity index (χ3n) is 16.2. The molecule has 6 N–H and O–H groups in total. The minimum atomic E-state index is -1.57. The fraction of sp³-hybridized carbons (Fsp3) is 0.897. The molecule has 7 atom stereocenters. The fourth-order valence-electron chi connectivity index (χ4n) is 10.9. The SMILES string of the molecule is CCCCCCCCCC/C=C\CCCCCCCCCCCCCCCCCCCCCC(=O)NC(COC1OC(CO)C(O)C(O)C1O)C(O)/C=C/CC/C=C/CCCCCCCCCCCCCCCCCCC. The summed E-state index contributed by atoms with van der Waals surface area (Å²) in [6, 6.07) is -0.821. The van der Waals surface area contributed by atoms with Gasteiger partial charge in [0, 0.05) is 6.42 Å². The van der Waals surface area contributed by atoms with Crippen molar-refractivity contribution in [2.24, 2.45) is 0 Å². The molecule has 1 amide bonds. The number of carbonyl (C=O) groups excluding carboxylic acids is 1. The van der Waals surface area contributed by atoms with E-state index in [1.165, 1.54) is 276 Å². The van der Waals surface area contributed by atoms with E-state index < -0.39 is 49.5 Å². The summed E-state index contributed by atoms with van der Waals surface area (Å²) in [5.41, 5.74) is 0. The van der Waals surface area contributed by atoms with Gasteiger partial charge in [-0.15, -0.1) is 0 Å². The molecular formula is C68H129NO8. The van der Waals surface area contributed by atoms with Crippen molar-refractivity contribution in [1.29, 1.82) is 0 Å². The lowest BCUT2D eigenvalue weighted by Gasteiger charge is -2.40. The zero-order chi connectivity index (χ0) is 55.8. The lowest BCUT2D eigenvalue weighted by molar-refractivity contribution is -0.302. The number of aliphatic hydroxyl groups is 5. The van der Waals surface area contributed by atoms with E-state index in [1.807, 2.05) is 6.08 Å². The van der Waals surface area contributed by atoms with Crippen LogP contribution in [-0.2, 0) is 14.3 Å². The first kappa shape index (κ1) is 73.4. The Bertz CT molecular complexity index is 1310. The van der Waals surface area contributed by atoms with Crippen LogP contribution >= 0.6 is 0 Å². The zero-order valence-corrected chi connectivity index (χ0v) is 50.7. The van der Waals surface area contributed by atoms with Crippen LogP contribution in [0.15, 0.2) is 36.5 Å². The third kappa shape index (κ3) is 46.7. The number of hydrogen-bond donors (Lipinski definition) is 6. The average molecular weight is 1090 g/mol. The summed E-state index contributed by atoms with van der Waals surface area (Å²) in [6.45, 7) is 3.81. The van der Waals surface area contributed by atoms with Crippen molar-refractivity contribution < 1.29 is 39.8 Å². The van der Waals surface area contributed by atoms with Gasteiger partial charge in [-0.1, -0.05) is 307 Å². The van der Waals surface area contributed by atoms with Gasteiger partial charge in [0.15, 0.2) is 6.29 Å². The minimum absolute atomic E-state index is 0.180. The molecule has 1 aliphatic rings. The molecule has 0 radical (unpaired) electrons. The van der Waals surface area contributed by atoms with Gasteiger partial charge >= 0.3 is 0 Å². The number of allylic oxidation sites excluding steroid dienone is 5. The number of nitrogens with one attached hydrogen (secondary N) is 1. The van der Waals surface area contributed by atoms with Crippen molar-refractivity contribution >= 4 is 5.91 Å². The topological polar surface area (TPSA) is 149 Å². The highest BCUT2D eigenvalue weighted by Crippen LogP contribution is 2.23. The lowest BCUT2D eigenvalue weighted by Crippen LogP contribution is -2.60. The van der Waals surface area contributed by atoms with E-state index >= 15 is 0 Å². The molecular weight excluding hydrogens is 959 g/mol. The van der Waals surface area contributed by atoms with Crippen molar-refractivity contribution in [3.8, 4) is 0 Å². The predicted molar refractivity (Wildman–Crippen MR) is 327 cm³/mol. The quantitative estimate of drug-likeness (QED) is 0.0261. The molecule has 1 aliphatic heterocycles. The van der Waals surface area contributed by atoms with E-state index in [9.17, 15) is 30.3 Å². The van der Waals surface area contributed by atoms with Crippen LogP contribution in [0.25, 0.3) is 0 Å². The van der Waals surface area contributed by atoms with E-state index in [4.69, 9.17) is 9.47 Å². The normalized spacial score (nSPS) is 18.9. The minimum Gasteiger partial charge on any atom is -0.394 e. The first-order chi connectivity index (χ1) is 37.8. The number of amides is 1. The van der Waals surface area contributed by atoms with Gasteiger partial charge in [0.1, 0.15) is 24.4 Å². The predicted octanol–water partition coefficient (Wildman–Crippen LogP) is 17.9. The molecule has 1 rings (SSSR count). The van der Waals surface area contributed by atoms with Gasteiger partial charge in [-0.2, -0.15) is 0 Å². The number of carbonyl (C=O) groups is 1. The molecule has 0 aromatic carbocycles. The first-order valence-corrected chi connectivity index (χ1v) is 33.7. The molecule has 9 nitrogen and oxygen atoms in total. The number of unbranched alkanes of at least 4 members (excludes halogenated alkanes) is 45. The third-order valence-corrected chi connectivity index (χ3v) is 16.2. The number of ether oxygens (including phenoxy) is 2. The highest BCUT2D eigenvalue weighted by Gasteiger charge is 2.44. The Balaban J connectivity index is 2.15. The van der Waals surface area contributed by atoms with Crippen molar-refractivity contribution in [1.82, 2.24) is 5.32 Å². The first-order valence-electron chi connectivity index (χ1n) is 33.7. The van der Waals surface area contributed by atoms with Gasteiger partial charge in [0.2, 0.25) is 5.91 Å². The molecule has 0 aromatic rings. The molecule has 0 spiro atoms. The summed E-state index contributed by atoms with van der Waals surface area (Å²) in [4.78, 5) is 13.1. The van der Waals surface area contributed by atoms with Crippen molar-refractivity contribution in [2.75, 3.05) is 13.2 Å². The molecule has 454 valence electrons. The van der Waals surface area contributed by atoms with Gasteiger partial charge in [-0.25, -0.2) is 0 Å². The maximum Gasteiger partial charge on any atom is 0.220 e. The van der Waals surface area contributed by atoms with Crippen LogP contribution in [0.5, 0.6) is 0 Å². The molecule has 77 heavy (non-hydrogen) atoms. The smallest absolute Gasteiger partial charge is 0.220 e. The molecule has 1 fully saturated rings. The summed E-state index contributed by atoms with van der Waals surface area (Å²) in [5, 5.41) is 54.7. The molecule has 0 aliphatic carbocycles. The van der Waals surface area contributed by atoms with Crippen LogP contribution in [-0.4, -0.2) is 87.5 Å². The highest BCUT2D eigenvalue weighted by molar-refractivity contribution is 5.76. The fourth-order valence-corrected chi connectivity index (χ4v) is 10.9. The zero-order valence-electron chi connectivity index (χ0n) is 50.7. The molecule has 9 heteroatoms. The van der Waals surface area contributed by atoms with E-state index in [-0.39, 0.29) is 12.5 Å². The van der Waals surface area contributed by atoms with E-state index in [0.717, 1.165) is 38.5 Å². The van der Waals surface area contributed by atoms with Crippen LogP contribution in [0, 0.1) is 0 Å². The number of aliphatic hydroxyl groups excluding tert-OH is 5.